The Morgan fingerprint density at radius 1 is 1.16 bits per heavy atom. The molecule has 1 N–H and O–H groups in total. The third kappa shape index (κ3) is 5.82. The van der Waals surface area contributed by atoms with E-state index in [1.165, 1.54) is 12.0 Å². The number of amides is 3. The first-order valence-electron chi connectivity index (χ1n) is 12.6. The lowest BCUT2D eigenvalue weighted by molar-refractivity contribution is -0.133. The summed E-state index contributed by atoms with van der Waals surface area (Å²) in [7, 11) is 0. The standard InChI is InChI=1S/C25H44N4O2/c1-5-7-8-9-23(30)28-15-12-27(13-16-28)14-17-29(24(31)26-6-2)19-20-10-11-21-18-22(20)25(21,3)4/h10,21-22H,5-9,11-19H2,1-4H3,(H,26,31). The number of piperazine rings is 1. The molecule has 1 saturated carbocycles. The fourth-order valence-corrected chi connectivity index (χ4v) is 5.56. The Hall–Kier alpha value is -1.56. The van der Waals surface area contributed by atoms with Gasteiger partial charge in [0.25, 0.3) is 0 Å². The Labute approximate surface area is 189 Å². The van der Waals surface area contributed by atoms with Crippen molar-refractivity contribution >= 4 is 11.9 Å². The predicted octanol–water partition coefficient (Wildman–Crippen LogP) is 3.73. The van der Waals surface area contributed by atoms with Crippen molar-refractivity contribution in [3.05, 3.63) is 11.6 Å². The molecule has 1 saturated heterocycles. The molecule has 6 heteroatoms. The number of unbranched alkanes of at least 4 members (excludes halogenated alkanes) is 2. The topological polar surface area (TPSA) is 55.9 Å². The van der Waals surface area contributed by atoms with E-state index in [2.05, 4.69) is 37.1 Å². The maximum atomic E-state index is 12.8. The van der Waals surface area contributed by atoms with Crippen molar-refractivity contribution in [3.63, 3.8) is 0 Å². The summed E-state index contributed by atoms with van der Waals surface area (Å²) in [6.45, 7) is 15.4. The van der Waals surface area contributed by atoms with Crippen LogP contribution in [0.15, 0.2) is 11.6 Å². The van der Waals surface area contributed by atoms with Crippen molar-refractivity contribution in [2.75, 3.05) is 52.4 Å². The van der Waals surface area contributed by atoms with Crippen molar-refractivity contribution < 1.29 is 9.59 Å². The number of fused-ring (bicyclic) bond motifs is 1. The maximum absolute atomic E-state index is 12.8. The minimum Gasteiger partial charge on any atom is -0.340 e. The van der Waals surface area contributed by atoms with Crippen molar-refractivity contribution in [3.8, 4) is 0 Å². The zero-order valence-electron chi connectivity index (χ0n) is 20.3. The lowest BCUT2D eigenvalue weighted by atomic mass is 9.49. The Morgan fingerprint density at radius 3 is 2.52 bits per heavy atom. The number of urea groups is 1. The molecule has 4 rings (SSSR count). The van der Waals surface area contributed by atoms with Gasteiger partial charge in [0.2, 0.25) is 5.91 Å². The van der Waals surface area contributed by atoms with Gasteiger partial charge in [0.15, 0.2) is 0 Å². The molecular weight excluding hydrogens is 388 g/mol. The van der Waals surface area contributed by atoms with Crippen molar-refractivity contribution in [1.82, 2.24) is 20.0 Å². The summed E-state index contributed by atoms with van der Waals surface area (Å²) in [6.07, 6.45) is 8.83. The highest BCUT2D eigenvalue weighted by Crippen LogP contribution is 2.59. The van der Waals surface area contributed by atoms with E-state index in [1.54, 1.807) is 0 Å². The molecule has 0 aromatic rings. The number of nitrogens with one attached hydrogen (secondary N) is 1. The summed E-state index contributed by atoms with van der Waals surface area (Å²) >= 11 is 0. The van der Waals surface area contributed by atoms with Crippen LogP contribution in [0.2, 0.25) is 0 Å². The normalized spacial score (nSPS) is 24.9. The molecule has 0 aromatic heterocycles. The van der Waals surface area contributed by atoms with Crippen LogP contribution in [0.1, 0.15) is 66.2 Å². The van der Waals surface area contributed by atoms with Gasteiger partial charge in [-0.3, -0.25) is 9.69 Å². The third-order valence-electron chi connectivity index (χ3n) is 7.98. The van der Waals surface area contributed by atoms with E-state index in [-0.39, 0.29) is 6.03 Å². The molecule has 0 spiro atoms. The van der Waals surface area contributed by atoms with Gasteiger partial charge in [-0.1, -0.05) is 45.3 Å². The molecule has 2 fully saturated rings. The summed E-state index contributed by atoms with van der Waals surface area (Å²) in [5, 5.41) is 3.01. The molecule has 0 aromatic carbocycles. The number of hydrogen-bond donors (Lipinski definition) is 1. The highest BCUT2D eigenvalue weighted by atomic mass is 16.2. The fourth-order valence-electron chi connectivity index (χ4n) is 5.56. The molecule has 31 heavy (non-hydrogen) atoms. The quantitative estimate of drug-likeness (QED) is 0.423. The molecule has 3 amide bonds. The Bertz CT molecular complexity index is 652. The van der Waals surface area contributed by atoms with Gasteiger partial charge in [-0.15, -0.1) is 0 Å². The van der Waals surface area contributed by atoms with Gasteiger partial charge in [0.05, 0.1) is 0 Å². The van der Waals surface area contributed by atoms with E-state index in [1.807, 2.05) is 16.7 Å². The van der Waals surface area contributed by atoms with Crippen LogP contribution in [0.4, 0.5) is 4.79 Å². The summed E-state index contributed by atoms with van der Waals surface area (Å²) < 4.78 is 0. The van der Waals surface area contributed by atoms with Gasteiger partial charge >= 0.3 is 6.03 Å². The molecule has 2 atom stereocenters. The van der Waals surface area contributed by atoms with Crippen LogP contribution in [0.25, 0.3) is 0 Å². The minimum atomic E-state index is 0.0485. The Morgan fingerprint density at radius 2 is 1.90 bits per heavy atom. The van der Waals surface area contributed by atoms with Crippen LogP contribution in [-0.4, -0.2) is 79.0 Å². The summed E-state index contributed by atoms with van der Waals surface area (Å²) in [4.78, 5) is 31.5. The summed E-state index contributed by atoms with van der Waals surface area (Å²) in [6, 6.07) is 0.0485. The second kappa shape index (κ2) is 10.8. The van der Waals surface area contributed by atoms with Gasteiger partial charge < -0.3 is 15.1 Å². The third-order valence-corrected chi connectivity index (χ3v) is 7.98. The van der Waals surface area contributed by atoms with Gasteiger partial charge in [-0.05, 0) is 43.4 Å². The van der Waals surface area contributed by atoms with Crippen LogP contribution in [0, 0.1) is 17.3 Å². The van der Waals surface area contributed by atoms with Gasteiger partial charge in [-0.2, -0.15) is 0 Å². The van der Waals surface area contributed by atoms with Crippen LogP contribution in [-0.2, 0) is 4.79 Å². The molecule has 6 nitrogen and oxygen atoms in total. The highest BCUT2D eigenvalue weighted by Gasteiger charge is 2.51. The molecule has 1 aliphatic heterocycles. The number of nitrogens with zero attached hydrogens (tertiary/aromatic N) is 3. The first kappa shape index (κ1) is 24.1. The zero-order valence-corrected chi connectivity index (χ0v) is 20.3. The monoisotopic (exact) mass is 432 g/mol. The average Bonchev–Trinajstić information content (AvgIpc) is 2.77. The van der Waals surface area contributed by atoms with Gasteiger partial charge in [0, 0.05) is 58.8 Å². The van der Waals surface area contributed by atoms with E-state index in [0.29, 0.717) is 30.2 Å². The summed E-state index contributed by atoms with van der Waals surface area (Å²) in [5.74, 6) is 1.76. The number of hydrogen-bond acceptors (Lipinski definition) is 3. The van der Waals surface area contributed by atoms with E-state index in [0.717, 1.165) is 77.4 Å². The second-order valence-electron chi connectivity index (χ2n) is 10.3. The number of rotatable bonds is 10. The van der Waals surface area contributed by atoms with E-state index >= 15 is 0 Å². The average molecular weight is 433 g/mol. The van der Waals surface area contributed by atoms with E-state index in [4.69, 9.17) is 0 Å². The van der Waals surface area contributed by atoms with Crippen LogP contribution in [0.3, 0.4) is 0 Å². The highest BCUT2D eigenvalue weighted by molar-refractivity contribution is 5.76. The summed E-state index contributed by atoms with van der Waals surface area (Å²) in [5.41, 5.74) is 1.85. The molecule has 3 aliphatic carbocycles. The lowest BCUT2D eigenvalue weighted by Gasteiger charge is -2.57. The lowest BCUT2D eigenvalue weighted by Crippen LogP contribution is -2.53. The van der Waals surface area contributed by atoms with Crippen LogP contribution < -0.4 is 5.32 Å². The minimum absolute atomic E-state index is 0.0485. The number of carbonyl (C=O) groups is 2. The molecule has 4 aliphatic rings. The largest absolute Gasteiger partial charge is 0.340 e. The molecular formula is C25H44N4O2. The maximum Gasteiger partial charge on any atom is 0.317 e. The zero-order chi connectivity index (χ0) is 22.4. The van der Waals surface area contributed by atoms with E-state index < -0.39 is 0 Å². The number of allylic oxidation sites excluding steroid dienone is 1. The molecule has 2 bridgehead atoms. The molecule has 1 heterocycles. The molecule has 176 valence electrons. The van der Waals surface area contributed by atoms with Crippen LogP contribution in [0.5, 0.6) is 0 Å². The number of carbonyl (C=O) groups excluding carboxylic acids is 2. The van der Waals surface area contributed by atoms with Crippen molar-refractivity contribution in [1.29, 1.82) is 0 Å². The van der Waals surface area contributed by atoms with E-state index in [9.17, 15) is 9.59 Å². The SMILES string of the molecule is CCCCCC(=O)N1CCN(CCN(CC2=CCC3CC2C3(C)C)C(=O)NCC)CC1. The van der Waals surface area contributed by atoms with Gasteiger partial charge in [-0.25, -0.2) is 4.79 Å². The Kier molecular flexibility index (Phi) is 8.43. The first-order chi connectivity index (χ1) is 14.9. The smallest absolute Gasteiger partial charge is 0.317 e. The van der Waals surface area contributed by atoms with Crippen LogP contribution >= 0.6 is 0 Å². The Balaban J connectivity index is 1.47. The van der Waals surface area contributed by atoms with Crippen molar-refractivity contribution in [2.24, 2.45) is 17.3 Å². The first-order valence-corrected chi connectivity index (χ1v) is 12.6. The molecule has 2 unspecified atom stereocenters. The van der Waals surface area contributed by atoms with Gasteiger partial charge in [0.1, 0.15) is 0 Å². The fraction of sp³-hybridized carbons (Fsp3) is 0.840. The molecule has 0 radical (unpaired) electrons. The predicted molar refractivity (Wildman–Crippen MR) is 126 cm³/mol. The second-order valence-corrected chi connectivity index (χ2v) is 10.3. The van der Waals surface area contributed by atoms with Crippen molar-refractivity contribution in [2.45, 2.75) is 66.2 Å².